The number of hydrogen-bond donors (Lipinski definition) is 0. The van der Waals surface area contributed by atoms with E-state index in [9.17, 15) is 0 Å². The summed E-state index contributed by atoms with van der Waals surface area (Å²) in [6.45, 7) is 10.4. The van der Waals surface area contributed by atoms with Crippen LogP contribution >= 0.6 is 0 Å². The fraction of sp³-hybridized carbons (Fsp3) is 0.308. The summed E-state index contributed by atoms with van der Waals surface area (Å²) in [6, 6.07) is 33.8. The zero-order valence-electron chi connectivity index (χ0n) is 27.1. The molecular formula is C39H42Cl3N3O3. The van der Waals surface area contributed by atoms with Crippen molar-refractivity contribution in [2.24, 2.45) is 0 Å². The molecular weight excluding hydrogens is 665 g/mol. The molecule has 0 radical (unpaired) electrons. The van der Waals surface area contributed by atoms with Crippen molar-refractivity contribution in [3.8, 4) is 33.4 Å². The fourth-order valence-corrected chi connectivity index (χ4v) is 6.16. The van der Waals surface area contributed by atoms with Crippen LogP contribution in [0.15, 0.2) is 91.0 Å². The van der Waals surface area contributed by atoms with Gasteiger partial charge in [-0.3, -0.25) is 0 Å². The van der Waals surface area contributed by atoms with E-state index in [2.05, 4.69) is 123 Å². The second kappa shape index (κ2) is 18.4. The minimum atomic E-state index is 0. The normalized spacial score (nSPS) is 16.1. The molecule has 0 N–H and O–H groups in total. The van der Waals surface area contributed by atoms with Crippen molar-refractivity contribution in [1.82, 2.24) is 0 Å². The first kappa shape index (κ1) is 37.5. The van der Waals surface area contributed by atoms with Gasteiger partial charge < -0.3 is 51.4 Å². The maximum Gasteiger partial charge on any atom is 0.170 e. The van der Waals surface area contributed by atoms with E-state index in [1.165, 1.54) is 50.1 Å². The highest BCUT2D eigenvalue weighted by Crippen LogP contribution is 2.33. The van der Waals surface area contributed by atoms with Crippen LogP contribution < -0.4 is 37.2 Å². The summed E-state index contributed by atoms with van der Waals surface area (Å²) in [5.41, 5.74) is 10.9. The second-order valence-electron chi connectivity index (χ2n) is 12.0. The predicted octanol–water partition coefficient (Wildman–Crippen LogP) is -3.92. The lowest BCUT2D eigenvalue weighted by molar-refractivity contribution is -0.544. The monoisotopic (exact) mass is 705 g/mol. The number of benzene rings is 4. The van der Waals surface area contributed by atoms with Crippen LogP contribution in [0.25, 0.3) is 33.4 Å². The summed E-state index contributed by atoms with van der Waals surface area (Å²) in [4.78, 5) is 0. The van der Waals surface area contributed by atoms with Crippen molar-refractivity contribution in [3.63, 3.8) is 0 Å². The van der Waals surface area contributed by atoms with Gasteiger partial charge in [0.25, 0.3) is 0 Å². The summed E-state index contributed by atoms with van der Waals surface area (Å²) in [5, 5.41) is 0. The average molecular weight is 707 g/mol. The maximum absolute atomic E-state index is 5.51. The molecule has 0 unspecified atom stereocenters. The minimum absolute atomic E-state index is 0. The molecule has 0 amide bonds. The first-order valence-electron chi connectivity index (χ1n) is 16.2. The smallest absolute Gasteiger partial charge is 0.170 e. The molecule has 0 spiro atoms. The van der Waals surface area contributed by atoms with E-state index in [4.69, 9.17) is 14.2 Å². The number of nitrogens with zero attached hydrogens (tertiary/aromatic N) is 3. The Morgan fingerprint density at radius 1 is 0.333 bits per heavy atom. The van der Waals surface area contributed by atoms with Crippen LogP contribution in [-0.2, 0) is 14.2 Å². The van der Waals surface area contributed by atoms with Gasteiger partial charge in [-0.2, -0.15) is 0 Å². The lowest BCUT2D eigenvalue weighted by atomic mass is 9.92. The van der Waals surface area contributed by atoms with Gasteiger partial charge in [-0.15, -0.1) is 0 Å². The van der Waals surface area contributed by atoms with Crippen LogP contribution in [0.2, 0.25) is 0 Å². The van der Waals surface area contributed by atoms with Crippen molar-refractivity contribution < 1.29 is 65.2 Å². The fourth-order valence-electron chi connectivity index (χ4n) is 6.16. The number of morpholine rings is 3. The van der Waals surface area contributed by atoms with Crippen molar-refractivity contribution in [1.29, 1.82) is 0 Å². The van der Waals surface area contributed by atoms with Gasteiger partial charge in [0.05, 0.1) is 0 Å². The van der Waals surface area contributed by atoms with Crippen molar-refractivity contribution in [2.45, 2.75) is 0 Å². The van der Waals surface area contributed by atoms with Crippen LogP contribution in [0.4, 0.5) is 0 Å². The minimum Gasteiger partial charge on any atom is -1.00 e. The molecule has 3 heterocycles. The number of halogens is 3. The summed E-state index contributed by atoms with van der Waals surface area (Å²) in [7, 11) is 0. The molecule has 3 saturated heterocycles. The number of hydrogen-bond acceptors (Lipinski definition) is 3. The average Bonchev–Trinajstić information content (AvgIpc) is 3.10. The molecule has 0 aliphatic carbocycles. The standard InChI is InChI=1S/C39H42N3O3.3ClH/c1-7-34(8-2-31(1)28-40-13-19-43-20-14-40)37-25-38(35-9-3-32(4-10-35)29-41-15-21-44-22-16-41)27-39(26-37)36-11-5-33(6-12-36)30-42-17-23-45-24-18-42;;;/h1-12,25-30H,13-24H2;3*1H/q+3;;;/p-3. The Morgan fingerprint density at radius 2 is 0.562 bits per heavy atom. The van der Waals surface area contributed by atoms with Crippen molar-refractivity contribution in [3.05, 3.63) is 108 Å². The van der Waals surface area contributed by atoms with Crippen LogP contribution in [-0.4, -0.2) is 111 Å². The topological polar surface area (TPSA) is 36.7 Å². The predicted molar refractivity (Wildman–Crippen MR) is 181 cm³/mol. The van der Waals surface area contributed by atoms with Crippen molar-refractivity contribution >= 4 is 18.6 Å². The molecule has 0 atom stereocenters. The quantitative estimate of drug-likeness (QED) is 0.193. The van der Waals surface area contributed by atoms with Crippen molar-refractivity contribution in [2.75, 3.05) is 78.9 Å². The lowest BCUT2D eigenvalue weighted by Gasteiger charge is -2.13. The van der Waals surface area contributed by atoms with E-state index >= 15 is 0 Å². The largest absolute Gasteiger partial charge is 1.00 e. The lowest BCUT2D eigenvalue weighted by Crippen LogP contribution is -3.00. The first-order chi connectivity index (χ1) is 22.2. The first-order valence-corrected chi connectivity index (χ1v) is 16.2. The van der Waals surface area contributed by atoms with Gasteiger partial charge in [0, 0.05) is 16.7 Å². The summed E-state index contributed by atoms with van der Waals surface area (Å²) >= 11 is 0. The summed E-state index contributed by atoms with van der Waals surface area (Å²) in [6.07, 6.45) is 6.75. The van der Waals surface area contributed by atoms with E-state index < -0.39 is 0 Å². The van der Waals surface area contributed by atoms with Gasteiger partial charge in [-0.05, 0) is 88.0 Å². The molecule has 3 aliphatic heterocycles. The zero-order valence-corrected chi connectivity index (χ0v) is 29.3. The Labute approximate surface area is 302 Å². The third kappa shape index (κ3) is 9.85. The molecule has 4 aromatic rings. The van der Waals surface area contributed by atoms with E-state index in [1.54, 1.807) is 0 Å². The summed E-state index contributed by atoms with van der Waals surface area (Å²) in [5.74, 6) is 0. The van der Waals surface area contributed by atoms with Crippen LogP contribution in [0.3, 0.4) is 0 Å². The molecule has 7 rings (SSSR count). The third-order valence-corrected chi connectivity index (χ3v) is 8.80. The van der Waals surface area contributed by atoms with Gasteiger partial charge in [0.15, 0.2) is 57.9 Å². The molecule has 0 aromatic heterocycles. The third-order valence-electron chi connectivity index (χ3n) is 8.80. The Balaban J connectivity index is 0.00000173. The molecule has 6 nitrogen and oxygen atoms in total. The highest BCUT2D eigenvalue weighted by Gasteiger charge is 2.14. The highest BCUT2D eigenvalue weighted by molar-refractivity contribution is 5.85. The zero-order chi connectivity index (χ0) is 30.3. The molecule has 0 bridgehead atoms. The Hall–Kier alpha value is -3.36. The molecule has 48 heavy (non-hydrogen) atoms. The Morgan fingerprint density at radius 3 is 0.792 bits per heavy atom. The van der Waals surface area contributed by atoms with Gasteiger partial charge in [0.1, 0.15) is 39.6 Å². The van der Waals surface area contributed by atoms with Gasteiger partial charge in [-0.25, -0.2) is 13.7 Å². The van der Waals surface area contributed by atoms with Crippen LogP contribution in [0.5, 0.6) is 0 Å². The van der Waals surface area contributed by atoms with Crippen LogP contribution in [0.1, 0.15) is 16.7 Å². The molecule has 4 aromatic carbocycles. The van der Waals surface area contributed by atoms with E-state index in [-0.39, 0.29) is 37.2 Å². The second-order valence-corrected chi connectivity index (χ2v) is 12.0. The SMILES string of the molecule is C(c1ccc(-c2cc(-c3ccc(C=[N+]4CCOCC4)cc3)cc(-c3ccc(C=[N+]4CCOCC4)cc3)c2)cc1)=[N+]1CCOCC1.[Cl-].[Cl-].[Cl-]. The van der Waals surface area contributed by atoms with Gasteiger partial charge >= 0.3 is 0 Å². The van der Waals surface area contributed by atoms with E-state index in [1.807, 2.05) is 0 Å². The number of rotatable bonds is 6. The molecule has 252 valence electrons. The highest BCUT2D eigenvalue weighted by atomic mass is 35.5. The van der Waals surface area contributed by atoms with Crippen LogP contribution in [0, 0.1) is 0 Å². The molecule has 9 heteroatoms. The van der Waals surface area contributed by atoms with Gasteiger partial charge in [-0.1, -0.05) is 36.4 Å². The molecule has 3 fully saturated rings. The molecule has 0 saturated carbocycles. The van der Waals surface area contributed by atoms with E-state index in [0.29, 0.717) is 0 Å². The molecule has 3 aliphatic rings. The van der Waals surface area contributed by atoms with E-state index in [0.717, 1.165) is 78.9 Å². The Bertz CT molecular complexity index is 1480. The van der Waals surface area contributed by atoms with Gasteiger partial charge in [0.2, 0.25) is 0 Å². The number of ether oxygens (including phenoxy) is 3. The summed E-state index contributed by atoms with van der Waals surface area (Å²) < 4.78 is 23.6. The maximum atomic E-state index is 5.51. The Kier molecular flexibility index (Phi) is 14.4.